The van der Waals surface area contributed by atoms with E-state index < -0.39 is 11.9 Å². The normalized spacial score (nSPS) is 22.5. The van der Waals surface area contributed by atoms with Crippen LogP contribution in [0.4, 0.5) is 4.79 Å². The van der Waals surface area contributed by atoms with E-state index in [1.165, 1.54) is 4.90 Å². The van der Waals surface area contributed by atoms with Crippen LogP contribution in [-0.4, -0.2) is 52.8 Å². The van der Waals surface area contributed by atoms with Crippen molar-refractivity contribution >= 4 is 35.1 Å². The second-order valence-electron chi connectivity index (χ2n) is 6.90. The minimum absolute atomic E-state index is 0.0101. The molecule has 0 spiro atoms. The molecule has 1 aromatic heterocycles. The summed E-state index contributed by atoms with van der Waals surface area (Å²) in [6.45, 7) is 2.15. The van der Waals surface area contributed by atoms with Gasteiger partial charge in [0.2, 0.25) is 17.7 Å². The van der Waals surface area contributed by atoms with Crippen LogP contribution in [0.15, 0.2) is 5.38 Å². The van der Waals surface area contributed by atoms with E-state index in [9.17, 15) is 19.2 Å². The van der Waals surface area contributed by atoms with Crippen LogP contribution in [0.5, 0.6) is 0 Å². The zero-order valence-electron chi connectivity index (χ0n) is 15.1. The van der Waals surface area contributed by atoms with Crippen LogP contribution in [0.25, 0.3) is 0 Å². The molecule has 1 saturated carbocycles. The van der Waals surface area contributed by atoms with E-state index >= 15 is 0 Å². The Morgan fingerprint density at radius 2 is 2.04 bits per heavy atom. The highest BCUT2D eigenvalue weighted by Gasteiger charge is 2.30. The number of rotatable bonds is 6. The van der Waals surface area contributed by atoms with Gasteiger partial charge in [-0.05, 0) is 32.6 Å². The summed E-state index contributed by atoms with van der Waals surface area (Å²) in [6.07, 6.45) is 2.83. The van der Waals surface area contributed by atoms with Gasteiger partial charge in [-0.3, -0.25) is 19.7 Å². The molecule has 2 heterocycles. The third-order valence-electron chi connectivity index (χ3n) is 4.78. The number of carbonyl (C=O) groups is 4. The number of imide groups is 1. The molecule has 1 aliphatic carbocycles. The highest BCUT2D eigenvalue weighted by Crippen LogP contribution is 2.24. The van der Waals surface area contributed by atoms with Gasteiger partial charge in [0.05, 0.1) is 17.2 Å². The molecular formula is C17H23N5O4S. The summed E-state index contributed by atoms with van der Waals surface area (Å²) >= 11 is 1.56. The Morgan fingerprint density at radius 1 is 1.30 bits per heavy atom. The summed E-state index contributed by atoms with van der Waals surface area (Å²) in [7, 11) is 0. The van der Waals surface area contributed by atoms with Gasteiger partial charge >= 0.3 is 6.03 Å². The Morgan fingerprint density at radius 3 is 2.63 bits per heavy atom. The van der Waals surface area contributed by atoms with Gasteiger partial charge in [-0.1, -0.05) is 0 Å². The summed E-state index contributed by atoms with van der Waals surface area (Å²) in [4.78, 5) is 52.5. The van der Waals surface area contributed by atoms with Crippen molar-refractivity contribution in [2.45, 2.75) is 45.2 Å². The molecule has 1 aromatic rings. The number of nitrogens with one attached hydrogen (secondary N) is 3. The first-order chi connectivity index (χ1) is 12.9. The lowest BCUT2D eigenvalue weighted by Crippen LogP contribution is -2.45. The topological polar surface area (TPSA) is 120 Å². The number of amides is 5. The maximum absolute atomic E-state index is 12.3. The number of aromatic nitrogens is 1. The van der Waals surface area contributed by atoms with Crippen molar-refractivity contribution < 1.29 is 19.2 Å². The van der Waals surface area contributed by atoms with E-state index in [4.69, 9.17) is 0 Å². The number of hydrogen-bond donors (Lipinski definition) is 3. The van der Waals surface area contributed by atoms with Crippen molar-refractivity contribution in [1.29, 1.82) is 0 Å². The highest BCUT2D eigenvalue weighted by atomic mass is 32.1. The first-order valence-corrected chi connectivity index (χ1v) is 9.85. The molecule has 1 saturated heterocycles. The monoisotopic (exact) mass is 393 g/mol. The van der Waals surface area contributed by atoms with Crippen molar-refractivity contribution in [2.24, 2.45) is 5.92 Å². The van der Waals surface area contributed by atoms with Crippen molar-refractivity contribution in [1.82, 2.24) is 25.8 Å². The minimum Gasteiger partial charge on any atom is -0.352 e. The summed E-state index contributed by atoms with van der Waals surface area (Å²) < 4.78 is 0. The van der Waals surface area contributed by atoms with Crippen LogP contribution in [0, 0.1) is 12.8 Å². The number of aryl methyl sites for hydroxylation is 1. The predicted octanol–water partition coefficient (Wildman–Crippen LogP) is 0.295. The van der Waals surface area contributed by atoms with E-state index in [0.29, 0.717) is 32.2 Å². The lowest BCUT2D eigenvalue weighted by molar-refractivity contribution is -0.126. The van der Waals surface area contributed by atoms with Gasteiger partial charge < -0.3 is 15.5 Å². The zero-order chi connectivity index (χ0) is 19.4. The number of urea groups is 1. The smallest absolute Gasteiger partial charge is 0.325 e. The number of nitrogens with zero attached hydrogens (tertiary/aromatic N) is 2. The maximum atomic E-state index is 12.3. The van der Waals surface area contributed by atoms with Gasteiger partial charge in [0.15, 0.2) is 0 Å². The van der Waals surface area contributed by atoms with Crippen LogP contribution in [0.1, 0.15) is 36.4 Å². The third kappa shape index (κ3) is 5.25. The number of hydrogen-bond acceptors (Lipinski definition) is 6. The fourth-order valence-corrected chi connectivity index (χ4v) is 3.98. The van der Waals surface area contributed by atoms with Crippen LogP contribution < -0.4 is 16.0 Å². The Hall–Kier alpha value is -2.49. The zero-order valence-corrected chi connectivity index (χ0v) is 15.9. The largest absolute Gasteiger partial charge is 0.352 e. The van der Waals surface area contributed by atoms with Gasteiger partial charge in [-0.2, -0.15) is 0 Å². The molecule has 2 aliphatic rings. The van der Waals surface area contributed by atoms with Crippen LogP contribution in [-0.2, 0) is 20.9 Å². The van der Waals surface area contributed by atoms with Gasteiger partial charge in [-0.25, -0.2) is 9.78 Å². The molecule has 0 unspecified atom stereocenters. The van der Waals surface area contributed by atoms with Crippen LogP contribution in [0.2, 0.25) is 0 Å². The molecule has 10 heteroatoms. The molecule has 0 aromatic carbocycles. The molecule has 146 valence electrons. The third-order valence-corrected chi connectivity index (χ3v) is 5.60. The maximum Gasteiger partial charge on any atom is 0.325 e. The Labute approximate surface area is 160 Å². The molecule has 27 heavy (non-hydrogen) atoms. The van der Waals surface area contributed by atoms with E-state index in [1.54, 1.807) is 11.3 Å². The Kier molecular flexibility index (Phi) is 6.04. The van der Waals surface area contributed by atoms with E-state index in [-0.39, 0.29) is 36.9 Å². The molecular weight excluding hydrogens is 370 g/mol. The van der Waals surface area contributed by atoms with Crippen molar-refractivity contribution in [2.75, 3.05) is 13.1 Å². The molecule has 3 rings (SSSR count). The summed E-state index contributed by atoms with van der Waals surface area (Å²) in [5.41, 5.74) is 0.872. The lowest BCUT2D eigenvalue weighted by atomic mass is 9.85. The van der Waals surface area contributed by atoms with Gasteiger partial charge in [-0.15, -0.1) is 11.3 Å². The van der Waals surface area contributed by atoms with E-state index in [1.807, 2.05) is 12.3 Å². The fourth-order valence-electron chi connectivity index (χ4n) is 3.37. The molecule has 3 N–H and O–H groups in total. The lowest BCUT2D eigenvalue weighted by Gasteiger charge is -2.28. The summed E-state index contributed by atoms with van der Waals surface area (Å²) in [6, 6.07) is -0.546. The van der Waals surface area contributed by atoms with Gasteiger partial charge in [0.1, 0.15) is 13.1 Å². The summed E-state index contributed by atoms with van der Waals surface area (Å²) in [5, 5.41) is 10.9. The van der Waals surface area contributed by atoms with Crippen LogP contribution in [0.3, 0.4) is 0 Å². The average molecular weight is 393 g/mol. The number of thiazole rings is 1. The molecule has 0 atom stereocenters. The predicted molar refractivity (Wildman–Crippen MR) is 97.7 cm³/mol. The Balaban J connectivity index is 1.36. The molecule has 0 radical (unpaired) electrons. The standard InChI is InChI=1S/C17H23N5O4S/c1-10-19-13(9-27-10)6-18-16(25)11-2-4-12(5-3-11)20-14(23)7-22-8-15(24)21-17(22)26/h9,11-12H,2-8H2,1H3,(H,18,25)(H,20,23)(H,21,24,26). The SMILES string of the molecule is Cc1nc(CNC(=O)C2CCC(NC(=O)CN3CC(=O)NC3=O)CC2)cs1. The first-order valence-electron chi connectivity index (χ1n) is 8.97. The molecule has 1 aliphatic heterocycles. The van der Waals surface area contributed by atoms with Crippen molar-refractivity contribution in [3.63, 3.8) is 0 Å². The molecule has 2 fully saturated rings. The van der Waals surface area contributed by atoms with Gasteiger partial charge in [0.25, 0.3) is 0 Å². The quantitative estimate of drug-likeness (QED) is 0.600. The second kappa shape index (κ2) is 8.47. The van der Waals surface area contributed by atoms with Crippen LogP contribution >= 0.6 is 11.3 Å². The Bertz CT molecular complexity index is 741. The molecule has 0 bridgehead atoms. The fraction of sp³-hybridized carbons (Fsp3) is 0.588. The molecule has 9 nitrogen and oxygen atoms in total. The second-order valence-corrected chi connectivity index (χ2v) is 7.96. The van der Waals surface area contributed by atoms with E-state index in [0.717, 1.165) is 10.7 Å². The summed E-state index contributed by atoms with van der Waals surface area (Å²) in [5.74, 6) is -0.712. The van der Waals surface area contributed by atoms with Crippen molar-refractivity contribution in [3.8, 4) is 0 Å². The minimum atomic E-state index is -0.536. The highest BCUT2D eigenvalue weighted by molar-refractivity contribution is 7.09. The van der Waals surface area contributed by atoms with Crippen molar-refractivity contribution in [3.05, 3.63) is 16.1 Å². The first kappa shape index (κ1) is 19.3. The molecule has 5 amide bonds. The van der Waals surface area contributed by atoms with Gasteiger partial charge in [0, 0.05) is 17.3 Å². The number of carbonyl (C=O) groups excluding carboxylic acids is 4. The van der Waals surface area contributed by atoms with E-state index in [2.05, 4.69) is 20.9 Å². The average Bonchev–Trinajstić information content (AvgIpc) is 3.18.